The average molecular weight is 629 g/mol. The molecule has 46 heavy (non-hydrogen) atoms. The molecule has 10 atom stereocenters. The minimum absolute atomic E-state index is 0.0994. The van der Waals surface area contributed by atoms with Crippen LogP contribution in [0.1, 0.15) is 41.5 Å². The number of methoxy groups -OCH3 is 2. The molecule has 1 saturated carbocycles. The van der Waals surface area contributed by atoms with Crippen LogP contribution in [0.2, 0.25) is 0 Å². The third kappa shape index (κ3) is 2.60. The molecule has 2 aromatic rings. The quantitative estimate of drug-likeness (QED) is 0.429. The zero-order valence-corrected chi connectivity index (χ0v) is 26.6. The van der Waals surface area contributed by atoms with E-state index in [9.17, 15) is 20.1 Å². The van der Waals surface area contributed by atoms with E-state index >= 15 is 0 Å². The van der Waals surface area contributed by atoms with E-state index in [1.165, 1.54) is 0 Å². The fraction of sp³-hybridized carbons (Fsp3) is 0.583. The highest BCUT2D eigenvalue weighted by molar-refractivity contribution is 5.91. The first-order chi connectivity index (χ1) is 22.0. The van der Waals surface area contributed by atoms with E-state index in [0.717, 1.165) is 22.3 Å². The first-order valence-corrected chi connectivity index (χ1v) is 16.6. The van der Waals surface area contributed by atoms with E-state index in [0.29, 0.717) is 61.8 Å². The summed E-state index contributed by atoms with van der Waals surface area (Å²) in [5, 5.41) is 40.0. The Morgan fingerprint density at radius 2 is 1.37 bits per heavy atom. The Balaban J connectivity index is 1.23. The largest absolute Gasteiger partial charge is 0.493 e. The van der Waals surface area contributed by atoms with Crippen LogP contribution in [0.4, 0.5) is 0 Å². The molecule has 2 aromatic carbocycles. The summed E-state index contributed by atoms with van der Waals surface area (Å²) in [6.45, 7) is 1.36. The van der Waals surface area contributed by atoms with Gasteiger partial charge in [-0.1, -0.05) is 24.3 Å². The van der Waals surface area contributed by atoms with Crippen molar-refractivity contribution in [3.05, 3.63) is 58.7 Å². The van der Waals surface area contributed by atoms with Gasteiger partial charge in [0, 0.05) is 35.5 Å². The topological polar surface area (TPSA) is 121 Å². The van der Waals surface area contributed by atoms with Gasteiger partial charge >= 0.3 is 0 Å². The molecule has 0 amide bonds. The molecule has 10 rings (SSSR count). The van der Waals surface area contributed by atoms with Gasteiger partial charge < -0.3 is 39.2 Å². The maximum atomic E-state index is 14.5. The molecule has 0 radical (unpaired) electrons. The minimum Gasteiger partial charge on any atom is -0.493 e. The second-order valence-corrected chi connectivity index (χ2v) is 15.2. The molecule has 4 aliphatic heterocycles. The lowest BCUT2D eigenvalue weighted by Gasteiger charge is -2.69. The summed E-state index contributed by atoms with van der Waals surface area (Å²) in [5.41, 5.74) is -2.97. The summed E-state index contributed by atoms with van der Waals surface area (Å²) < 4.78 is 25.0. The van der Waals surface area contributed by atoms with Crippen molar-refractivity contribution < 1.29 is 39.1 Å². The number of hydrogen-bond donors (Lipinski definition) is 3. The minimum atomic E-state index is -1.82. The number of hydrogen-bond acceptors (Lipinski definition) is 10. The highest BCUT2D eigenvalue weighted by Gasteiger charge is 2.82. The summed E-state index contributed by atoms with van der Waals surface area (Å²) in [7, 11) is 7.24. The van der Waals surface area contributed by atoms with Crippen LogP contribution in [0, 0.1) is 5.92 Å². The predicted octanol–water partition coefficient (Wildman–Crippen LogP) is 1.27. The SMILES string of the molecule is COc1ccc2c3c1OC1C(O)(C4CC(=O)C5Oc6c(OC)ccc7c6C56CCN(C)C(C7)C46O)C=CC4(O)C(C2)N(C)CCC314. The van der Waals surface area contributed by atoms with Crippen molar-refractivity contribution in [3.63, 3.8) is 0 Å². The second kappa shape index (κ2) is 8.28. The van der Waals surface area contributed by atoms with Gasteiger partial charge in [-0.15, -0.1) is 0 Å². The van der Waals surface area contributed by atoms with Crippen LogP contribution in [0.15, 0.2) is 36.4 Å². The number of likely N-dealkylation sites (N-methyl/N-ethyl adjacent to an activating group) is 2. The molecule has 242 valence electrons. The molecule has 8 aliphatic rings. The summed E-state index contributed by atoms with van der Waals surface area (Å²) in [6.07, 6.45) is 3.67. The van der Waals surface area contributed by atoms with Gasteiger partial charge in [0.25, 0.3) is 0 Å². The molecule has 3 N–H and O–H groups in total. The molecule has 4 bridgehead atoms. The molecule has 4 heterocycles. The molecule has 3 fully saturated rings. The van der Waals surface area contributed by atoms with Gasteiger partial charge in [-0.25, -0.2) is 0 Å². The maximum Gasteiger partial charge on any atom is 0.174 e. The Hall–Kier alpha value is -3.15. The zero-order chi connectivity index (χ0) is 31.8. The highest BCUT2D eigenvalue weighted by atomic mass is 16.5. The monoisotopic (exact) mass is 628 g/mol. The molecule has 0 aromatic heterocycles. The van der Waals surface area contributed by atoms with Crippen LogP contribution in [0.3, 0.4) is 0 Å². The average Bonchev–Trinajstić information content (AvgIpc) is 3.59. The summed E-state index contributed by atoms with van der Waals surface area (Å²) in [4.78, 5) is 18.8. The van der Waals surface area contributed by atoms with Crippen molar-refractivity contribution in [1.29, 1.82) is 0 Å². The van der Waals surface area contributed by atoms with Crippen molar-refractivity contribution in [2.24, 2.45) is 5.92 Å². The number of rotatable bonds is 3. The standard InChI is InChI=1S/C36H40N2O8/c1-37-14-12-33-27-18-5-8-22(44-4)29(27)46-31(33)34(40,9-10-35(33,41)24(37)15-18)23-17-20(39)30-32-11-13-38(2)25(36(23,32)42)16-19-6-7-21(43-3)28(45-30)26(19)32/h5-10,23-25,30-31,40-42H,11-17H2,1-4H3. The number of aliphatic hydroxyl groups is 3. The number of carbonyl (C=O) groups excluding carboxylic acids is 1. The van der Waals surface area contributed by atoms with Crippen molar-refractivity contribution in [2.45, 2.75) is 84.0 Å². The lowest BCUT2D eigenvalue weighted by molar-refractivity contribution is -0.260. The molecule has 4 aliphatic carbocycles. The van der Waals surface area contributed by atoms with Crippen molar-refractivity contribution in [3.8, 4) is 23.0 Å². The van der Waals surface area contributed by atoms with Gasteiger partial charge in [0.05, 0.1) is 25.0 Å². The number of ketones is 1. The summed E-state index contributed by atoms with van der Waals surface area (Å²) in [5.74, 6) is 1.06. The number of benzene rings is 2. The lowest BCUT2D eigenvalue weighted by atomic mass is 9.41. The summed E-state index contributed by atoms with van der Waals surface area (Å²) >= 11 is 0. The van der Waals surface area contributed by atoms with E-state index in [2.05, 4.69) is 15.9 Å². The molecular formula is C36H40N2O8. The Bertz CT molecular complexity index is 1800. The van der Waals surface area contributed by atoms with E-state index < -0.39 is 51.8 Å². The van der Waals surface area contributed by atoms with Gasteiger partial charge in [0.1, 0.15) is 22.9 Å². The fourth-order valence-corrected chi connectivity index (χ4v) is 12.1. The van der Waals surface area contributed by atoms with E-state index in [1.54, 1.807) is 26.4 Å². The first kappa shape index (κ1) is 27.9. The Morgan fingerprint density at radius 1 is 0.783 bits per heavy atom. The third-order valence-electron chi connectivity index (χ3n) is 14.0. The van der Waals surface area contributed by atoms with Crippen LogP contribution in [0.25, 0.3) is 0 Å². The van der Waals surface area contributed by atoms with Gasteiger partial charge in [0.2, 0.25) is 0 Å². The number of likely N-dealkylation sites (tertiary alicyclic amines) is 2. The Labute approximate surface area is 267 Å². The normalized spacial score (nSPS) is 45.5. The van der Waals surface area contributed by atoms with Crippen molar-refractivity contribution in [2.75, 3.05) is 41.4 Å². The molecule has 10 heteroatoms. The van der Waals surface area contributed by atoms with Crippen molar-refractivity contribution >= 4 is 5.78 Å². The maximum absolute atomic E-state index is 14.5. The Morgan fingerprint density at radius 3 is 2.04 bits per heavy atom. The van der Waals surface area contributed by atoms with Crippen LogP contribution in [-0.4, -0.2) is 113 Å². The number of Topliss-reactive ketones (excluding diaryl/α,β-unsaturated/α-hetero) is 1. The molecule has 2 saturated heterocycles. The van der Waals surface area contributed by atoms with E-state index in [4.69, 9.17) is 18.9 Å². The van der Waals surface area contributed by atoms with Crippen LogP contribution in [-0.2, 0) is 28.5 Å². The van der Waals surface area contributed by atoms with Gasteiger partial charge in [-0.3, -0.25) is 9.69 Å². The number of carbonyl (C=O) groups is 1. The Kier molecular flexibility index (Phi) is 5.02. The fourth-order valence-electron chi connectivity index (χ4n) is 12.1. The third-order valence-corrected chi connectivity index (χ3v) is 14.0. The van der Waals surface area contributed by atoms with Crippen LogP contribution < -0.4 is 18.9 Å². The highest BCUT2D eigenvalue weighted by Crippen LogP contribution is 2.71. The first-order valence-electron chi connectivity index (χ1n) is 16.6. The van der Waals surface area contributed by atoms with Gasteiger partial charge in [0.15, 0.2) is 34.9 Å². The molecule has 10 unspecified atom stereocenters. The number of nitrogens with zero attached hydrogens (tertiary/aromatic N) is 2. The van der Waals surface area contributed by atoms with Crippen LogP contribution >= 0.6 is 0 Å². The van der Waals surface area contributed by atoms with Crippen molar-refractivity contribution in [1.82, 2.24) is 9.80 Å². The molecular weight excluding hydrogens is 588 g/mol. The second-order valence-electron chi connectivity index (χ2n) is 15.2. The zero-order valence-electron chi connectivity index (χ0n) is 26.6. The van der Waals surface area contributed by atoms with Gasteiger partial charge in [-0.2, -0.15) is 0 Å². The van der Waals surface area contributed by atoms with E-state index in [-0.39, 0.29) is 18.2 Å². The predicted molar refractivity (Wildman–Crippen MR) is 165 cm³/mol. The molecule has 2 spiro atoms. The lowest BCUT2D eigenvalue weighted by Crippen LogP contribution is -2.84. The number of ether oxygens (including phenoxy) is 4. The summed E-state index contributed by atoms with van der Waals surface area (Å²) in [6, 6.07) is 7.25. The van der Waals surface area contributed by atoms with Crippen LogP contribution in [0.5, 0.6) is 23.0 Å². The van der Waals surface area contributed by atoms with E-state index in [1.807, 2.05) is 32.3 Å². The smallest absolute Gasteiger partial charge is 0.174 e. The molecule has 10 nitrogen and oxygen atoms in total. The number of piperidine rings is 2. The van der Waals surface area contributed by atoms with Gasteiger partial charge in [-0.05, 0) is 76.1 Å².